The van der Waals surface area contributed by atoms with Crippen molar-refractivity contribution < 1.29 is 19.1 Å². The van der Waals surface area contributed by atoms with Gasteiger partial charge in [0.15, 0.2) is 0 Å². The summed E-state index contributed by atoms with van der Waals surface area (Å²) in [5, 5.41) is 7.96. The van der Waals surface area contributed by atoms with Gasteiger partial charge >= 0.3 is 6.03 Å². The van der Waals surface area contributed by atoms with Crippen molar-refractivity contribution in [2.45, 2.75) is 19.4 Å². The minimum atomic E-state index is -0.995. The van der Waals surface area contributed by atoms with Gasteiger partial charge in [-0.1, -0.05) is 0 Å². The number of urea groups is 1. The second kappa shape index (κ2) is 8.81. The first kappa shape index (κ1) is 19.6. The number of amides is 4. The predicted molar refractivity (Wildman–Crippen MR) is 79.3 cm³/mol. The Balaban J connectivity index is 0.00000400. The lowest BCUT2D eigenvalue weighted by molar-refractivity contribution is -0.127. The van der Waals surface area contributed by atoms with Crippen LogP contribution in [0.2, 0.25) is 0 Å². The van der Waals surface area contributed by atoms with Gasteiger partial charge in [-0.05, 0) is 13.8 Å². The molecule has 0 spiro atoms. The van der Waals surface area contributed by atoms with Crippen LogP contribution in [0.4, 0.5) is 4.79 Å². The zero-order chi connectivity index (χ0) is 15.2. The Morgan fingerprint density at radius 1 is 1.29 bits per heavy atom. The molecule has 1 rings (SSSR count). The van der Waals surface area contributed by atoms with Crippen LogP contribution < -0.4 is 16.0 Å². The van der Waals surface area contributed by atoms with E-state index < -0.39 is 17.5 Å². The molecular weight excluding hydrogens is 300 g/mol. The molecule has 1 heterocycles. The molecule has 9 heteroatoms. The first-order valence-electron chi connectivity index (χ1n) is 6.49. The number of nitrogens with zero attached hydrogens (tertiary/aromatic N) is 1. The minimum absolute atomic E-state index is 0. The van der Waals surface area contributed by atoms with E-state index in [4.69, 9.17) is 4.74 Å². The van der Waals surface area contributed by atoms with Crippen LogP contribution in [0.25, 0.3) is 0 Å². The number of nitrogens with one attached hydrogen (secondary N) is 3. The largest absolute Gasteiger partial charge is 0.383 e. The normalized spacial score (nSPS) is 16.4. The molecule has 0 saturated carbocycles. The third-order valence-corrected chi connectivity index (χ3v) is 3.10. The molecule has 0 aromatic carbocycles. The van der Waals surface area contributed by atoms with Gasteiger partial charge in [0.2, 0.25) is 5.91 Å². The Kier molecular flexibility index (Phi) is 8.23. The Bertz CT molecular complexity index is 389. The van der Waals surface area contributed by atoms with E-state index in [1.807, 2.05) is 0 Å². The number of rotatable bonds is 8. The van der Waals surface area contributed by atoms with Gasteiger partial charge in [0.1, 0.15) is 12.1 Å². The highest BCUT2D eigenvalue weighted by Gasteiger charge is 2.46. The number of methoxy groups -OCH3 is 1. The summed E-state index contributed by atoms with van der Waals surface area (Å²) >= 11 is 0. The SMILES string of the molecule is COCCNCCNC(=O)CN1C(=O)NC(=O)C1(C)C.Cl. The molecule has 0 aromatic heterocycles. The predicted octanol–water partition coefficient (Wildman–Crippen LogP) is -0.909. The summed E-state index contributed by atoms with van der Waals surface area (Å²) in [7, 11) is 1.62. The number of imide groups is 1. The maximum Gasteiger partial charge on any atom is 0.325 e. The minimum Gasteiger partial charge on any atom is -0.383 e. The molecule has 1 fully saturated rings. The lowest BCUT2D eigenvalue weighted by Crippen LogP contribution is -2.49. The molecule has 0 atom stereocenters. The van der Waals surface area contributed by atoms with Crippen LogP contribution in [-0.2, 0) is 14.3 Å². The quantitative estimate of drug-likeness (QED) is 0.397. The molecule has 122 valence electrons. The van der Waals surface area contributed by atoms with Gasteiger partial charge in [-0.2, -0.15) is 0 Å². The van der Waals surface area contributed by atoms with Gasteiger partial charge in [-0.15, -0.1) is 12.4 Å². The summed E-state index contributed by atoms with van der Waals surface area (Å²) in [6.45, 7) is 5.46. The van der Waals surface area contributed by atoms with E-state index in [2.05, 4.69) is 16.0 Å². The molecule has 0 aliphatic carbocycles. The molecule has 21 heavy (non-hydrogen) atoms. The maximum absolute atomic E-state index is 11.7. The van der Waals surface area contributed by atoms with Crippen molar-refractivity contribution in [3.63, 3.8) is 0 Å². The summed E-state index contributed by atoms with van der Waals surface area (Å²) in [5.41, 5.74) is -0.995. The van der Waals surface area contributed by atoms with E-state index in [9.17, 15) is 14.4 Å². The monoisotopic (exact) mass is 322 g/mol. The summed E-state index contributed by atoms with van der Waals surface area (Å²) in [6, 6.07) is -0.534. The average Bonchev–Trinajstić information content (AvgIpc) is 2.56. The lowest BCUT2D eigenvalue weighted by Gasteiger charge is -2.27. The topological polar surface area (TPSA) is 99.8 Å². The van der Waals surface area contributed by atoms with E-state index in [1.165, 1.54) is 4.90 Å². The lowest BCUT2D eigenvalue weighted by atomic mass is 10.0. The molecule has 3 N–H and O–H groups in total. The molecular formula is C12H23ClN4O4. The zero-order valence-electron chi connectivity index (χ0n) is 12.5. The van der Waals surface area contributed by atoms with E-state index >= 15 is 0 Å². The Labute approximate surface area is 130 Å². The van der Waals surface area contributed by atoms with Gasteiger partial charge in [0.25, 0.3) is 5.91 Å². The molecule has 4 amide bonds. The third kappa shape index (κ3) is 5.49. The van der Waals surface area contributed by atoms with E-state index in [-0.39, 0.29) is 24.9 Å². The van der Waals surface area contributed by atoms with Crippen molar-refractivity contribution in [2.24, 2.45) is 0 Å². The first-order chi connectivity index (χ1) is 9.39. The van der Waals surface area contributed by atoms with Gasteiger partial charge in [0, 0.05) is 26.7 Å². The van der Waals surface area contributed by atoms with Crippen molar-refractivity contribution in [3.05, 3.63) is 0 Å². The fraction of sp³-hybridized carbons (Fsp3) is 0.750. The maximum atomic E-state index is 11.7. The summed E-state index contributed by atoms with van der Waals surface area (Å²) in [4.78, 5) is 36.1. The summed E-state index contributed by atoms with van der Waals surface area (Å²) in [5.74, 6) is -0.687. The Morgan fingerprint density at radius 2 is 1.95 bits per heavy atom. The highest BCUT2D eigenvalue weighted by atomic mass is 35.5. The molecule has 8 nitrogen and oxygen atoms in total. The van der Waals surface area contributed by atoms with Crippen molar-refractivity contribution in [1.82, 2.24) is 20.9 Å². The standard InChI is InChI=1S/C12H22N4O4.ClH/c1-12(2)10(18)15-11(19)16(12)8-9(17)14-5-4-13-6-7-20-3;/h13H,4-8H2,1-3H3,(H,14,17)(H,15,18,19);1H. The number of ether oxygens (including phenoxy) is 1. The van der Waals surface area contributed by atoms with E-state index in [0.717, 1.165) is 0 Å². The Hall–Kier alpha value is -1.38. The molecule has 0 bridgehead atoms. The molecule has 1 aliphatic heterocycles. The van der Waals surface area contributed by atoms with Crippen LogP contribution in [-0.4, -0.2) is 68.2 Å². The smallest absolute Gasteiger partial charge is 0.325 e. The van der Waals surface area contributed by atoms with Crippen molar-refractivity contribution in [2.75, 3.05) is 39.9 Å². The van der Waals surface area contributed by atoms with Crippen molar-refractivity contribution in [3.8, 4) is 0 Å². The van der Waals surface area contributed by atoms with Gasteiger partial charge < -0.3 is 20.3 Å². The second-order valence-corrected chi connectivity index (χ2v) is 5.00. The fourth-order valence-electron chi connectivity index (χ4n) is 1.75. The number of halogens is 1. The van der Waals surface area contributed by atoms with Crippen LogP contribution in [0.1, 0.15) is 13.8 Å². The average molecular weight is 323 g/mol. The van der Waals surface area contributed by atoms with Gasteiger partial charge in [-0.25, -0.2) is 4.79 Å². The summed E-state index contributed by atoms with van der Waals surface area (Å²) in [6.07, 6.45) is 0. The highest BCUT2D eigenvalue weighted by Crippen LogP contribution is 2.19. The van der Waals surface area contributed by atoms with Crippen LogP contribution in [0.15, 0.2) is 0 Å². The second-order valence-electron chi connectivity index (χ2n) is 5.00. The fourth-order valence-corrected chi connectivity index (χ4v) is 1.75. The van der Waals surface area contributed by atoms with E-state index in [1.54, 1.807) is 21.0 Å². The highest BCUT2D eigenvalue weighted by molar-refractivity contribution is 6.07. The zero-order valence-corrected chi connectivity index (χ0v) is 13.3. The molecule has 0 unspecified atom stereocenters. The van der Waals surface area contributed by atoms with Crippen LogP contribution in [0.3, 0.4) is 0 Å². The Morgan fingerprint density at radius 3 is 2.48 bits per heavy atom. The van der Waals surface area contributed by atoms with Gasteiger partial charge in [0.05, 0.1) is 6.61 Å². The number of hydrogen-bond donors (Lipinski definition) is 3. The number of carbonyl (C=O) groups excluding carboxylic acids is 3. The number of hydrogen-bond acceptors (Lipinski definition) is 5. The molecule has 1 aliphatic rings. The first-order valence-corrected chi connectivity index (χ1v) is 6.49. The van der Waals surface area contributed by atoms with E-state index in [0.29, 0.717) is 26.2 Å². The van der Waals surface area contributed by atoms with Crippen molar-refractivity contribution >= 4 is 30.3 Å². The molecule has 1 saturated heterocycles. The molecule has 0 radical (unpaired) electrons. The summed E-state index contributed by atoms with van der Waals surface area (Å²) < 4.78 is 4.87. The van der Waals surface area contributed by atoms with Gasteiger partial charge in [-0.3, -0.25) is 14.9 Å². The van der Waals surface area contributed by atoms with Crippen molar-refractivity contribution in [1.29, 1.82) is 0 Å². The number of carbonyl (C=O) groups is 3. The molecule has 0 aromatic rings. The van der Waals surface area contributed by atoms with Crippen LogP contribution >= 0.6 is 12.4 Å². The van der Waals surface area contributed by atoms with Crippen LogP contribution in [0.5, 0.6) is 0 Å². The van der Waals surface area contributed by atoms with Crippen LogP contribution in [0, 0.1) is 0 Å². The third-order valence-electron chi connectivity index (χ3n) is 3.10.